The highest BCUT2D eigenvalue weighted by Gasteiger charge is 2.22. The maximum absolute atomic E-state index is 12.6. The Balaban J connectivity index is 2.71. The van der Waals surface area contributed by atoms with Gasteiger partial charge in [0.25, 0.3) is 0 Å². The number of methoxy groups -OCH3 is 1. The van der Waals surface area contributed by atoms with Crippen LogP contribution in [-0.4, -0.2) is 37.1 Å². The summed E-state index contributed by atoms with van der Waals surface area (Å²) in [5, 5.41) is 0. The van der Waals surface area contributed by atoms with Gasteiger partial charge in [0, 0.05) is 32.2 Å². The van der Waals surface area contributed by atoms with Gasteiger partial charge in [0.2, 0.25) is 5.91 Å². The summed E-state index contributed by atoms with van der Waals surface area (Å²) in [5.74, 6) is 0.108. The fourth-order valence-electron chi connectivity index (χ4n) is 2.55. The first-order valence-corrected chi connectivity index (χ1v) is 7.72. The zero-order chi connectivity index (χ0) is 15.7. The highest BCUT2D eigenvalue weighted by atomic mass is 16.5. The summed E-state index contributed by atoms with van der Waals surface area (Å²) in [6.45, 7) is 5.41. The SMILES string of the molecule is CCC(CC)N(CCOC)C(=O)CC(N)c1ccccc1. The highest BCUT2D eigenvalue weighted by molar-refractivity contribution is 5.77. The molecule has 1 aromatic carbocycles. The van der Waals surface area contributed by atoms with Gasteiger partial charge in [-0.2, -0.15) is 0 Å². The lowest BCUT2D eigenvalue weighted by Crippen LogP contribution is -2.42. The molecule has 1 rings (SSSR count). The number of carbonyl (C=O) groups is 1. The number of nitrogens with zero attached hydrogens (tertiary/aromatic N) is 1. The van der Waals surface area contributed by atoms with Crippen molar-refractivity contribution < 1.29 is 9.53 Å². The second-order valence-corrected chi connectivity index (χ2v) is 5.27. The van der Waals surface area contributed by atoms with E-state index in [1.165, 1.54) is 0 Å². The second kappa shape index (κ2) is 9.53. The third-order valence-corrected chi connectivity index (χ3v) is 3.86. The molecule has 1 atom stereocenters. The fourth-order valence-corrected chi connectivity index (χ4v) is 2.55. The molecule has 21 heavy (non-hydrogen) atoms. The fraction of sp³-hybridized carbons (Fsp3) is 0.588. The molecule has 1 aromatic rings. The molecule has 118 valence electrons. The van der Waals surface area contributed by atoms with Crippen LogP contribution in [-0.2, 0) is 9.53 Å². The summed E-state index contributed by atoms with van der Waals surface area (Å²) in [6.07, 6.45) is 2.24. The molecule has 0 aromatic heterocycles. The lowest BCUT2D eigenvalue weighted by Gasteiger charge is -2.31. The molecular formula is C17H28N2O2. The first-order valence-electron chi connectivity index (χ1n) is 7.72. The molecule has 0 aliphatic heterocycles. The molecule has 0 bridgehead atoms. The number of benzene rings is 1. The van der Waals surface area contributed by atoms with Crippen molar-refractivity contribution in [3.05, 3.63) is 35.9 Å². The van der Waals surface area contributed by atoms with Crippen molar-refractivity contribution in [2.75, 3.05) is 20.3 Å². The summed E-state index contributed by atoms with van der Waals surface area (Å²) in [5.41, 5.74) is 7.17. The standard InChI is InChI=1S/C17H28N2O2/c1-4-15(5-2)19(11-12-21-3)17(20)13-16(18)14-9-7-6-8-10-14/h6-10,15-16H,4-5,11-13,18H2,1-3H3. The summed E-state index contributed by atoms with van der Waals surface area (Å²) < 4.78 is 5.13. The van der Waals surface area contributed by atoms with E-state index in [9.17, 15) is 4.79 Å². The largest absolute Gasteiger partial charge is 0.383 e. The quantitative estimate of drug-likeness (QED) is 0.761. The Labute approximate surface area is 128 Å². The van der Waals surface area contributed by atoms with Crippen LogP contribution in [0, 0.1) is 0 Å². The minimum atomic E-state index is -0.252. The molecule has 1 unspecified atom stereocenters. The van der Waals surface area contributed by atoms with E-state index in [4.69, 9.17) is 10.5 Å². The molecule has 0 spiro atoms. The van der Waals surface area contributed by atoms with Crippen LogP contribution < -0.4 is 5.73 Å². The van der Waals surface area contributed by atoms with Crippen molar-refractivity contribution in [2.24, 2.45) is 5.73 Å². The van der Waals surface area contributed by atoms with Crippen molar-refractivity contribution in [3.8, 4) is 0 Å². The van der Waals surface area contributed by atoms with Crippen molar-refractivity contribution in [1.29, 1.82) is 0 Å². The first kappa shape index (κ1) is 17.7. The Kier molecular flexibility index (Phi) is 8.01. The Hall–Kier alpha value is -1.39. The van der Waals surface area contributed by atoms with Gasteiger partial charge < -0.3 is 15.4 Å². The van der Waals surface area contributed by atoms with Crippen LogP contribution in [0.3, 0.4) is 0 Å². The van der Waals surface area contributed by atoms with Gasteiger partial charge in [0.15, 0.2) is 0 Å². The lowest BCUT2D eigenvalue weighted by atomic mass is 10.0. The molecule has 0 aliphatic rings. The zero-order valence-electron chi connectivity index (χ0n) is 13.4. The number of ether oxygens (including phenoxy) is 1. The Morgan fingerprint density at radius 1 is 1.24 bits per heavy atom. The third-order valence-electron chi connectivity index (χ3n) is 3.86. The normalized spacial score (nSPS) is 12.4. The molecule has 0 aliphatic carbocycles. The van der Waals surface area contributed by atoms with Gasteiger partial charge in [-0.3, -0.25) is 4.79 Å². The van der Waals surface area contributed by atoms with Gasteiger partial charge in [-0.1, -0.05) is 44.2 Å². The van der Waals surface area contributed by atoms with Crippen molar-refractivity contribution in [3.63, 3.8) is 0 Å². The lowest BCUT2D eigenvalue weighted by molar-refractivity contribution is -0.134. The van der Waals surface area contributed by atoms with Gasteiger partial charge in [0.05, 0.1) is 6.61 Å². The molecule has 0 saturated carbocycles. The van der Waals surface area contributed by atoms with Gasteiger partial charge in [0.1, 0.15) is 0 Å². The molecule has 0 fully saturated rings. The minimum Gasteiger partial charge on any atom is -0.383 e. The predicted molar refractivity (Wildman–Crippen MR) is 85.9 cm³/mol. The summed E-state index contributed by atoms with van der Waals surface area (Å²) in [4.78, 5) is 14.5. The Bertz CT molecular complexity index is 405. The number of hydrogen-bond donors (Lipinski definition) is 1. The molecule has 4 nitrogen and oxygen atoms in total. The summed E-state index contributed by atoms with van der Waals surface area (Å²) in [7, 11) is 1.66. The van der Waals surface area contributed by atoms with E-state index in [1.54, 1.807) is 7.11 Å². The zero-order valence-corrected chi connectivity index (χ0v) is 13.4. The van der Waals surface area contributed by atoms with E-state index < -0.39 is 0 Å². The molecule has 1 amide bonds. The maximum Gasteiger partial charge on any atom is 0.224 e. The maximum atomic E-state index is 12.6. The Morgan fingerprint density at radius 3 is 2.38 bits per heavy atom. The van der Waals surface area contributed by atoms with Crippen LogP contribution in [0.25, 0.3) is 0 Å². The van der Waals surface area contributed by atoms with Crippen LogP contribution in [0.5, 0.6) is 0 Å². The van der Waals surface area contributed by atoms with Crippen LogP contribution in [0.4, 0.5) is 0 Å². The van der Waals surface area contributed by atoms with Crippen molar-refractivity contribution in [1.82, 2.24) is 4.90 Å². The third kappa shape index (κ3) is 5.48. The van der Waals surface area contributed by atoms with E-state index in [2.05, 4.69) is 13.8 Å². The topological polar surface area (TPSA) is 55.6 Å². The molecular weight excluding hydrogens is 264 g/mol. The van der Waals surface area contributed by atoms with Gasteiger partial charge in [-0.05, 0) is 18.4 Å². The van der Waals surface area contributed by atoms with Gasteiger partial charge in [-0.25, -0.2) is 0 Å². The number of hydrogen-bond acceptors (Lipinski definition) is 3. The number of amides is 1. The molecule has 0 radical (unpaired) electrons. The minimum absolute atomic E-state index is 0.108. The van der Waals surface area contributed by atoms with Crippen molar-refractivity contribution in [2.45, 2.75) is 45.2 Å². The highest BCUT2D eigenvalue weighted by Crippen LogP contribution is 2.17. The van der Waals surface area contributed by atoms with Gasteiger partial charge in [-0.15, -0.1) is 0 Å². The van der Waals surface area contributed by atoms with E-state index >= 15 is 0 Å². The van der Waals surface area contributed by atoms with Crippen LogP contribution >= 0.6 is 0 Å². The molecule has 0 saturated heterocycles. The van der Waals surface area contributed by atoms with E-state index in [0.29, 0.717) is 19.6 Å². The average molecular weight is 292 g/mol. The van der Waals surface area contributed by atoms with Crippen LogP contribution in [0.1, 0.15) is 44.7 Å². The Morgan fingerprint density at radius 2 is 1.86 bits per heavy atom. The predicted octanol–water partition coefficient (Wildman–Crippen LogP) is 2.74. The molecule has 4 heteroatoms. The molecule has 2 N–H and O–H groups in total. The van der Waals surface area contributed by atoms with E-state index in [1.807, 2.05) is 35.2 Å². The van der Waals surface area contributed by atoms with Gasteiger partial charge >= 0.3 is 0 Å². The summed E-state index contributed by atoms with van der Waals surface area (Å²) in [6, 6.07) is 9.79. The monoisotopic (exact) mass is 292 g/mol. The average Bonchev–Trinajstić information content (AvgIpc) is 2.52. The van der Waals surface area contributed by atoms with Crippen LogP contribution in [0.2, 0.25) is 0 Å². The first-order chi connectivity index (χ1) is 10.1. The second-order valence-electron chi connectivity index (χ2n) is 5.27. The van der Waals surface area contributed by atoms with Crippen LogP contribution in [0.15, 0.2) is 30.3 Å². The number of rotatable bonds is 9. The van der Waals surface area contributed by atoms with Crippen molar-refractivity contribution >= 4 is 5.91 Å². The van der Waals surface area contributed by atoms with E-state index in [0.717, 1.165) is 18.4 Å². The number of nitrogens with two attached hydrogens (primary N) is 1. The van der Waals surface area contributed by atoms with E-state index in [-0.39, 0.29) is 18.0 Å². The smallest absolute Gasteiger partial charge is 0.224 e. The molecule has 0 heterocycles. The number of carbonyl (C=O) groups excluding carboxylic acids is 1. The summed E-state index contributed by atoms with van der Waals surface area (Å²) >= 11 is 0.